The molecule has 0 unspecified atom stereocenters. The molecule has 9 heteroatoms. The van der Waals surface area contributed by atoms with Crippen molar-refractivity contribution in [2.24, 2.45) is 0 Å². The molecule has 0 fully saturated rings. The molecule has 2 amide bonds. The standard InChI is InChI=1S/C26H24FN5O2S/c1-17-7-6-10-22(18(17)2)32-23(15-28-25(34)19-8-4-3-5-9-19)30-31-26(32)35-16-24(33)29-21-13-11-20(27)12-14-21/h3-14H,15-16H2,1-2H3,(H,28,34)(H,29,33). The summed E-state index contributed by atoms with van der Waals surface area (Å²) in [6.45, 7) is 4.19. The first-order chi connectivity index (χ1) is 16.9. The van der Waals surface area contributed by atoms with Crippen LogP contribution >= 0.6 is 11.8 Å². The molecule has 35 heavy (non-hydrogen) atoms. The molecule has 4 aromatic rings. The monoisotopic (exact) mass is 489 g/mol. The van der Waals surface area contributed by atoms with Gasteiger partial charge in [0.25, 0.3) is 5.91 Å². The van der Waals surface area contributed by atoms with Crippen molar-refractivity contribution in [2.45, 2.75) is 25.5 Å². The summed E-state index contributed by atoms with van der Waals surface area (Å²) in [6.07, 6.45) is 0. The number of rotatable bonds is 8. The number of carbonyl (C=O) groups excluding carboxylic acids is 2. The molecule has 4 rings (SSSR count). The lowest BCUT2D eigenvalue weighted by molar-refractivity contribution is -0.113. The molecule has 1 heterocycles. The summed E-state index contributed by atoms with van der Waals surface area (Å²) in [6, 6.07) is 20.4. The molecule has 0 atom stereocenters. The van der Waals surface area contributed by atoms with Gasteiger partial charge in [0.2, 0.25) is 5.91 Å². The minimum Gasteiger partial charge on any atom is -0.345 e. The molecule has 0 saturated carbocycles. The van der Waals surface area contributed by atoms with E-state index in [2.05, 4.69) is 20.8 Å². The summed E-state index contributed by atoms with van der Waals surface area (Å²) in [5.41, 5.74) is 4.08. The Morgan fingerprint density at radius 2 is 1.69 bits per heavy atom. The van der Waals surface area contributed by atoms with E-state index < -0.39 is 0 Å². The van der Waals surface area contributed by atoms with Gasteiger partial charge in [0.1, 0.15) is 5.82 Å². The fourth-order valence-electron chi connectivity index (χ4n) is 3.44. The molecule has 7 nitrogen and oxygen atoms in total. The summed E-state index contributed by atoms with van der Waals surface area (Å²) in [5, 5.41) is 14.8. The Kier molecular flexibility index (Phi) is 7.57. The van der Waals surface area contributed by atoms with Crippen LogP contribution in [0.15, 0.2) is 78.0 Å². The van der Waals surface area contributed by atoms with Crippen LogP contribution in [-0.4, -0.2) is 32.3 Å². The first-order valence-corrected chi connectivity index (χ1v) is 11.9. The van der Waals surface area contributed by atoms with E-state index in [4.69, 9.17) is 0 Å². The molecule has 0 aliphatic heterocycles. The maximum atomic E-state index is 13.1. The molecule has 0 bridgehead atoms. The molecular weight excluding hydrogens is 465 g/mol. The van der Waals surface area contributed by atoms with Crippen LogP contribution < -0.4 is 10.6 Å². The highest BCUT2D eigenvalue weighted by atomic mass is 32.2. The maximum absolute atomic E-state index is 13.1. The minimum absolute atomic E-state index is 0.0801. The van der Waals surface area contributed by atoms with Crippen molar-refractivity contribution >= 4 is 29.3 Å². The average molecular weight is 490 g/mol. The highest BCUT2D eigenvalue weighted by molar-refractivity contribution is 7.99. The second kappa shape index (κ2) is 11.0. The molecule has 178 valence electrons. The summed E-state index contributed by atoms with van der Waals surface area (Å²) >= 11 is 1.23. The zero-order valence-electron chi connectivity index (χ0n) is 19.3. The number of aromatic nitrogens is 3. The second-order valence-corrected chi connectivity index (χ2v) is 8.79. The van der Waals surface area contributed by atoms with Crippen molar-refractivity contribution in [2.75, 3.05) is 11.1 Å². The highest BCUT2D eigenvalue weighted by Crippen LogP contribution is 2.26. The molecule has 3 aromatic carbocycles. The van der Waals surface area contributed by atoms with Gasteiger partial charge >= 0.3 is 0 Å². The van der Waals surface area contributed by atoms with Crippen LogP contribution in [0.3, 0.4) is 0 Å². The average Bonchev–Trinajstić information content (AvgIpc) is 3.27. The third-order valence-electron chi connectivity index (χ3n) is 5.42. The predicted molar refractivity (Wildman–Crippen MR) is 134 cm³/mol. The molecule has 0 radical (unpaired) electrons. The zero-order valence-corrected chi connectivity index (χ0v) is 20.1. The number of aryl methyl sites for hydroxylation is 1. The second-order valence-electron chi connectivity index (χ2n) is 7.85. The Labute approximate surface area is 206 Å². The van der Waals surface area contributed by atoms with Gasteiger partial charge in [0.15, 0.2) is 11.0 Å². The van der Waals surface area contributed by atoms with E-state index in [0.29, 0.717) is 22.2 Å². The van der Waals surface area contributed by atoms with Crippen molar-refractivity contribution in [3.8, 4) is 5.69 Å². The van der Waals surface area contributed by atoms with Crippen LogP contribution in [0, 0.1) is 19.7 Å². The van der Waals surface area contributed by atoms with E-state index in [1.807, 2.05) is 42.7 Å². The van der Waals surface area contributed by atoms with Crippen LogP contribution in [0.1, 0.15) is 27.3 Å². The van der Waals surface area contributed by atoms with Gasteiger partial charge in [-0.3, -0.25) is 14.2 Å². The van der Waals surface area contributed by atoms with Crippen LogP contribution in [0.2, 0.25) is 0 Å². The summed E-state index contributed by atoms with van der Waals surface area (Å²) in [7, 11) is 0. The number of amides is 2. The van der Waals surface area contributed by atoms with E-state index in [1.165, 1.54) is 36.0 Å². The first kappa shape index (κ1) is 24.2. The number of nitrogens with zero attached hydrogens (tertiary/aromatic N) is 3. The van der Waals surface area contributed by atoms with Crippen LogP contribution in [0.4, 0.5) is 10.1 Å². The van der Waals surface area contributed by atoms with E-state index in [9.17, 15) is 14.0 Å². The van der Waals surface area contributed by atoms with Gasteiger partial charge in [0, 0.05) is 11.3 Å². The van der Waals surface area contributed by atoms with Crippen LogP contribution in [0.5, 0.6) is 0 Å². The van der Waals surface area contributed by atoms with E-state index in [0.717, 1.165) is 16.8 Å². The third-order valence-corrected chi connectivity index (χ3v) is 6.35. The largest absolute Gasteiger partial charge is 0.345 e. The Morgan fingerprint density at radius 1 is 0.943 bits per heavy atom. The van der Waals surface area contributed by atoms with Gasteiger partial charge in [-0.25, -0.2) is 4.39 Å². The third kappa shape index (κ3) is 5.93. The van der Waals surface area contributed by atoms with E-state index in [-0.39, 0.29) is 29.9 Å². The van der Waals surface area contributed by atoms with Crippen molar-refractivity contribution in [3.63, 3.8) is 0 Å². The lowest BCUT2D eigenvalue weighted by atomic mass is 10.1. The summed E-state index contributed by atoms with van der Waals surface area (Å²) < 4.78 is 15.0. The van der Waals surface area contributed by atoms with Gasteiger partial charge in [-0.2, -0.15) is 0 Å². The van der Waals surface area contributed by atoms with Crippen molar-refractivity contribution in [1.29, 1.82) is 0 Å². The minimum atomic E-state index is -0.370. The van der Waals surface area contributed by atoms with E-state index in [1.54, 1.807) is 24.3 Å². The molecule has 0 saturated heterocycles. The Hall–Kier alpha value is -3.98. The normalized spacial score (nSPS) is 10.7. The molecular formula is C26H24FN5O2S. The highest BCUT2D eigenvalue weighted by Gasteiger charge is 2.19. The molecule has 0 aliphatic rings. The first-order valence-electron chi connectivity index (χ1n) is 10.9. The topological polar surface area (TPSA) is 88.9 Å². The van der Waals surface area contributed by atoms with Gasteiger partial charge in [0.05, 0.1) is 18.0 Å². The zero-order chi connectivity index (χ0) is 24.8. The summed E-state index contributed by atoms with van der Waals surface area (Å²) in [5.74, 6) is -0.211. The number of nitrogens with one attached hydrogen (secondary N) is 2. The molecule has 0 aliphatic carbocycles. The lowest BCUT2D eigenvalue weighted by Gasteiger charge is -2.15. The van der Waals surface area contributed by atoms with Crippen molar-refractivity contribution in [1.82, 2.24) is 20.1 Å². The van der Waals surface area contributed by atoms with Crippen LogP contribution in [0.25, 0.3) is 5.69 Å². The number of hydrogen-bond acceptors (Lipinski definition) is 5. The number of benzene rings is 3. The number of anilines is 1. The molecule has 2 N–H and O–H groups in total. The lowest BCUT2D eigenvalue weighted by Crippen LogP contribution is -2.24. The Balaban J connectivity index is 1.54. The SMILES string of the molecule is Cc1cccc(-n2c(CNC(=O)c3ccccc3)nnc2SCC(=O)Nc2ccc(F)cc2)c1C. The fourth-order valence-corrected chi connectivity index (χ4v) is 4.20. The van der Waals surface area contributed by atoms with Gasteiger partial charge < -0.3 is 10.6 Å². The fraction of sp³-hybridized carbons (Fsp3) is 0.154. The van der Waals surface area contributed by atoms with E-state index >= 15 is 0 Å². The van der Waals surface area contributed by atoms with Crippen molar-refractivity contribution < 1.29 is 14.0 Å². The van der Waals surface area contributed by atoms with Crippen molar-refractivity contribution in [3.05, 3.63) is 101 Å². The van der Waals surface area contributed by atoms with Crippen LogP contribution in [-0.2, 0) is 11.3 Å². The maximum Gasteiger partial charge on any atom is 0.251 e. The molecule has 1 aromatic heterocycles. The Bertz CT molecular complexity index is 1340. The number of halogens is 1. The number of thioether (sulfide) groups is 1. The Morgan fingerprint density at radius 3 is 2.43 bits per heavy atom. The number of hydrogen-bond donors (Lipinski definition) is 2. The molecule has 0 spiro atoms. The quantitative estimate of drug-likeness (QED) is 0.351. The van der Waals surface area contributed by atoms with Gasteiger partial charge in [-0.05, 0) is 67.4 Å². The van der Waals surface area contributed by atoms with Gasteiger partial charge in [-0.15, -0.1) is 10.2 Å². The predicted octanol–water partition coefficient (Wildman–Crippen LogP) is 4.68. The smallest absolute Gasteiger partial charge is 0.251 e. The summed E-state index contributed by atoms with van der Waals surface area (Å²) in [4.78, 5) is 25.0. The van der Waals surface area contributed by atoms with Gasteiger partial charge in [-0.1, -0.05) is 42.1 Å². The number of carbonyl (C=O) groups is 2.